The molecule has 1 atom stereocenters. The summed E-state index contributed by atoms with van der Waals surface area (Å²) in [4.78, 5) is 0. The van der Waals surface area contributed by atoms with E-state index in [-0.39, 0.29) is 11.2 Å². The van der Waals surface area contributed by atoms with Crippen molar-refractivity contribution in [1.82, 2.24) is 0 Å². The Labute approximate surface area is 71.0 Å². The zero-order chi connectivity index (χ0) is 8.27. The predicted octanol–water partition coefficient (Wildman–Crippen LogP) is 3.00. The van der Waals surface area contributed by atoms with Crippen molar-refractivity contribution < 1.29 is 4.39 Å². The molecule has 0 radical (unpaired) electrons. The second-order valence-corrected chi connectivity index (χ2v) is 3.36. The van der Waals surface area contributed by atoms with Crippen LogP contribution in [-0.4, -0.2) is 5.38 Å². The summed E-state index contributed by atoms with van der Waals surface area (Å²) in [6.45, 7) is 1.92. The monoisotopic (exact) mass is 172 g/mol. The van der Waals surface area contributed by atoms with Crippen molar-refractivity contribution >= 4 is 11.6 Å². The van der Waals surface area contributed by atoms with Gasteiger partial charge in [0.05, 0.1) is 0 Å². The Balaban J connectivity index is 2.66. The first kappa shape index (κ1) is 8.54. The maximum atomic E-state index is 12.4. The van der Waals surface area contributed by atoms with Crippen molar-refractivity contribution in [3.05, 3.63) is 35.6 Å². The maximum absolute atomic E-state index is 12.4. The minimum atomic E-state index is -0.198. The lowest BCUT2D eigenvalue weighted by Gasteiger charge is -2.01. The first-order valence-corrected chi connectivity index (χ1v) is 4.00. The molecule has 0 aliphatic rings. The average Bonchev–Trinajstić information content (AvgIpc) is 1.93. The third kappa shape index (κ3) is 2.89. The van der Waals surface area contributed by atoms with Crippen LogP contribution in [0.5, 0.6) is 0 Å². The fourth-order valence-corrected chi connectivity index (χ4v) is 1.12. The summed E-state index contributed by atoms with van der Waals surface area (Å²) in [6.07, 6.45) is 0.793. The molecule has 0 N–H and O–H groups in total. The highest BCUT2D eigenvalue weighted by atomic mass is 35.5. The van der Waals surface area contributed by atoms with Gasteiger partial charge in [0.2, 0.25) is 0 Å². The molecule has 0 amide bonds. The molecule has 60 valence electrons. The van der Waals surface area contributed by atoms with Crippen LogP contribution < -0.4 is 0 Å². The number of alkyl halides is 1. The molecule has 1 rings (SSSR count). The van der Waals surface area contributed by atoms with Gasteiger partial charge in [-0.2, -0.15) is 0 Å². The molecule has 2 heteroatoms. The molecule has 0 bridgehead atoms. The highest BCUT2D eigenvalue weighted by molar-refractivity contribution is 6.20. The van der Waals surface area contributed by atoms with E-state index in [0.717, 1.165) is 12.0 Å². The summed E-state index contributed by atoms with van der Waals surface area (Å²) in [5, 5.41) is 0.112. The van der Waals surface area contributed by atoms with Crippen LogP contribution in [0.3, 0.4) is 0 Å². The largest absolute Gasteiger partial charge is 0.207 e. The minimum absolute atomic E-state index is 0.112. The number of benzene rings is 1. The molecule has 0 unspecified atom stereocenters. The smallest absolute Gasteiger partial charge is 0.123 e. The Kier molecular flexibility index (Phi) is 2.89. The van der Waals surface area contributed by atoms with E-state index in [1.165, 1.54) is 12.1 Å². The Bertz CT molecular complexity index is 216. The second kappa shape index (κ2) is 3.72. The SMILES string of the molecule is C[C@H](Cl)Cc1ccc(F)cc1. The van der Waals surface area contributed by atoms with Crippen LogP contribution in [0.15, 0.2) is 24.3 Å². The Hall–Kier alpha value is -0.560. The summed E-state index contributed by atoms with van der Waals surface area (Å²) in [6, 6.07) is 6.42. The molecule has 0 aliphatic heterocycles. The molecular weight excluding hydrogens is 163 g/mol. The van der Waals surface area contributed by atoms with Gasteiger partial charge < -0.3 is 0 Å². The van der Waals surface area contributed by atoms with Gasteiger partial charge in [-0.3, -0.25) is 0 Å². The van der Waals surface area contributed by atoms with Gasteiger partial charge in [0.1, 0.15) is 5.82 Å². The minimum Gasteiger partial charge on any atom is -0.207 e. The van der Waals surface area contributed by atoms with Crippen LogP contribution in [0, 0.1) is 5.82 Å². The van der Waals surface area contributed by atoms with Gasteiger partial charge in [-0.05, 0) is 31.0 Å². The molecule has 0 aliphatic carbocycles. The van der Waals surface area contributed by atoms with Gasteiger partial charge in [-0.1, -0.05) is 12.1 Å². The van der Waals surface area contributed by atoms with E-state index in [2.05, 4.69) is 0 Å². The standard InChI is InChI=1S/C9H10ClF/c1-7(10)6-8-2-4-9(11)5-3-8/h2-5,7H,6H2,1H3/t7-/m0/s1. The van der Waals surface area contributed by atoms with Crippen LogP contribution in [0.1, 0.15) is 12.5 Å². The van der Waals surface area contributed by atoms with Gasteiger partial charge in [-0.15, -0.1) is 11.6 Å². The van der Waals surface area contributed by atoms with E-state index in [4.69, 9.17) is 11.6 Å². The lowest BCUT2D eigenvalue weighted by molar-refractivity contribution is 0.627. The quantitative estimate of drug-likeness (QED) is 0.602. The zero-order valence-corrected chi connectivity index (χ0v) is 7.11. The van der Waals surface area contributed by atoms with Gasteiger partial charge in [0, 0.05) is 5.38 Å². The average molecular weight is 173 g/mol. The Morgan fingerprint density at radius 2 is 1.91 bits per heavy atom. The highest BCUT2D eigenvalue weighted by Crippen LogP contribution is 2.08. The fraction of sp³-hybridized carbons (Fsp3) is 0.333. The summed E-state index contributed by atoms with van der Waals surface area (Å²) < 4.78 is 12.4. The molecule has 0 fully saturated rings. The lowest BCUT2D eigenvalue weighted by atomic mass is 10.1. The molecule has 1 aromatic rings. The van der Waals surface area contributed by atoms with E-state index in [9.17, 15) is 4.39 Å². The van der Waals surface area contributed by atoms with Crippen molar-refractivity contribution in [1.29, 1.82) is 0 Å². The van der Waals surface area contributed by atoms with E-state index in [0.29, 0.717) is 0 Å². The van der Waals surface area contributed by atoms with Crippen LogP contribution in [-0.2, 0) is 6.42 Å². The molecule has 0 saturated heterocycles. The topological polar surface area (TPSA) is 0 Å². The van der Waals surface area contributed by atoms with Crippen molar-refractivity contribution in [3.63, 3.8) is 0 Å². The summed E-state index contributed by atoms with van der Waals surface area (Å²) >= 11 is 5.76. The second-order valence-electron chi connectivity index (χ2n) is 2.61. The molecule has 0 aromatic heterocycles. The number of halogens is 2. The molecule has 0 nitrogen and oxygen atoms in total. The number of hydrogen-bond donors (Lipinski definition) is 0. The van der Waals surface area contributed by atoms with E-state index in [1.807, 2.05) is 6.92 Å². The van der Waals surface area contributed by atoms with Gasteiger partial charge in [0.25, 0.3) is 0 Å². The van der Waals surface area contributed by atoms with Crippen LogP contribution in [0.2, 0.25) is 0 Å². The van der Waals surface area contributed by atoms with E-state index in [1.54, 1.807) is 12.1 Å². The van der Waals surface area contributed by atoms with Crippen molar-refractivity contribution in [3.8, 4) is 0 Å². The first-order valence-electron chi connectivity index (χ1n) is 3.57. The van der Waals surface area contributed by atoms with Crippen molar-refractivity contribution in [2.24, 2.45) is 0 Å². The fourth-order valence-electron chi connectivity index (χ4n) is 0.945. The third-order valence-corrected chi connectivity index (χ3v) is 1.58. The maximum Gasteiger partial charge on any atom is 0.123 e. The predicted molar refractivity (Wildman–Crippen MR) is 45.4 cm³/mol. The summed E-state index contributed by atoms with van der Waals surface area (Å²) in [5.41, 5.74) is 1.08. The summed E-state index contributed by atoms with van der Waals surface area (Å²) in [7, 11) is 0. The van der Waals surface area contributed by atoms with Crippen LogP contribution in [0.25, 0.3) is 0 Å². The van der Waals surface area contributed by atoms with E-state index >= 15 is 0 Å². The molecule has 11 heavy (non-hydrogen) atoms. The van der Waals surface area contributed by atoms with Gasteiger partial charge >= 0.3 is 0 Å². The molecule has 1 aromatic carbocycles. The molecule has 0 saturated carbocycles. The highest BCUT2D eigenvalue weighted by Gasteiger charge is 1.98. The zero-order valence-electron chi connectivity index (χ0n) is 6.35. The van der Waals surface area contributed by atoms with Crippen LogP contribution in [0.4, 0.5) is 4.39 Å². The number of rotatable bonds is 2. The Morgan fingerprint density at radius 1 is 1.36 bits per heavy atom. The van der Waals surface area contributed by atoms with E-state index < -0.39 is 0 Å². The molecule has 0 spiro atoms. The van der Waals surface area contributed by atoms with Gasteiger partial charge in [-0.25, -0.2) is 4.39 Å². The van der Waals surface area contributed by atoms with Crippen molar-refractivity contribution in [2.75, 3.05) is 0 Å². The molecular formula is C9H10ClF. The summed E-state index contributed by atoms with van der Waals surface area (Å²) in [5.74, 6) is -0.198. The third-order valence-electron chi connectivity index (χ3n) is 1.43. The molecule has 0 heterocycles. The Morgan fingerprint density at radius 3 is 2.36 bits per heavy atom. The van der Waals surface area contributed by atoms with Crippen molar-refractivity contribution in [2.45, 2.75) is 18.7 Å². The van der Waals surface area contributed by atoms with Gasteiger partial charge in [0.15, 0.2) is 0 Å². The van der Waals surface area contributed by atoms with Crippen LogP contribution >= 0.6 is 11.6 Å². The lowest BCUT2D eigenvalue weighted by Crippen LogP contribution is -1.96. The number of hydrogen-bond acceptors (Lipinski definition) is 0. The normalized spacial score (nSPS) is 13.0. The first-order chi connectivity index (χ1) is 5.18.